The summed E-state index contributed by atoms with van der Waals surface area (Å²) < 4.78 is 9.54. The molecule has 0 radical (unpaired) electrons. The summed E-state index contributed by atoms with van der Waals surface area (Å²) in [6.07, 6.45) is 0. The Morgan fingerprint density at radius 3 is 1.74 bits per heavy atom. The van der Waals surface area contributed by atoms with Crippen LogP contribution in [0.1, 0.15) is 0 Å². The Morgan fingerprint density at radius 2 is 1.00 bits per heavy atom. The highest BCUT2D eigenvalue weighted by Crippen LogP contribution is 2.50. The number of anilines is 3. The van der Waals surface area contributed by atoms with Gasteiger partial charge in [0, 0.05) is 47.9 Å². The minimum Gasteiger partial charge on any atom is -0.455 e. The van der Waals surface area contributed by atoms with Crippen LogP contribution in [0.25, 0.3) is 96.7 Å². The zero-order valence-electron chi connectivity index (χ0n) is 30.8. The normalized spacial score (nSPS) is 11.9. The molecule has 2 heterocycles. The second-order valence-electron chi connectivity index (χ2n) is 14.8. The molecule has 57 heavy (non-hydrogen) atoms. The minimum absolute atomic E-state index is 0.864. The number of nitrogens with zero attached hydrogens (tertiary/aromatic N) is 1. The number of hydrogen-bond acceptors (Lipinski definition) is 3. The third kappa shape index (κ3) is 5.03. The van der Waals surface area contributed by atoms with Crippen LogP contribution in [0.5, 0.6) is 0 Å². The molecule has 12 rings (SSSR count). The Morgan fingerprint density at radius 1 is 0.386 bits per heavy atom. The maximum absolute atomic E-state index is 6.95. The van der Waals surface area contributed by atoms with E-state index >= 15 is 0 Å². The van der Waals surface area contributed by atoms with Crippen LogP contribution in [0.4, 0.5) is 17.1 Å². The predicted molar refractivity (Wildman–Crippen MR) is 245 cm³/mol. The van der Waals surface area contributed by atoms with Crippen molar-refractivity contribution in [3.63, 3.8) is 0 Å². The van der Waals surface area contributed by atoms with E-state index in [1.807, 2.05) is 11.3 Å². The lowest BCUT2D eigenvalue weighted by atomic mass is 9.91. The van der Waals surface area contributed by atoms with Gasteiger partial charge in [-0.05, 0) is 92.2 Å². The largest absolute Gasteiger partial charge is 0.455 e. The van der Waals surface area contributed by atoms with Crippen LogP contribution in [-0.2, 0) is 0 Å². The van der Waals surface area contributed by atoms with Crippen LogP contribution < -0.4 is 4.90 Å². The van der Waals surface area contributed by atoms with Gasteiger partial charge in [0.1, 0.15) is 11.2 Å². The van der Waals surface area contributed by atoms with Gasteiger partial charge in [-0.3, -0.25) is 0 Å². The van der Waals surface area contributed by atoms with Crippen LogP contribution in [0.2, 0.25) is 0 Å². The standard InChI is InChI=1S/C54H33NOS/c1-2-15-36(16-3-1)41-29-30-44(54-51(41)45-21-10-11-24-50(45)57-54)46-33-47-52-48(22-12-23-49(52)56-53(47)43-20-9-8-19-42(43)46)55(39-27-25-34-13-4-6-17-37(34)31-39)40-28-26-35-14-5-7-18-38(35)32-40/h1-33H. The van der Waals surface area contributed by atoms with E-state index in [0.717, 1.165) is 44.4 Å². The molecule has 0 saturated carbocycles. The van der Waals surface area contributed by atoms with Crippen LogP contribution in [0, 0.1) is 0 Å². The highest BCUT2D eigenvalue weighted by Gasteiger charge is 2.24. The minimum atomic E-state index is 0.864. The molecule has 0 aliphatic rings. The molecule has 0 unspecified atom stereocenters. The van der Waals surface area contributed by atoms with Crippen LogP contribution in [-0.4, -0.2) is 0 Å². The van der Waals surface area contributed by atoms with Crippen molar-refractivity contribution >= 4 is 103 Å². The zero-order chi connectivity index (χ0) is 37.5. The van der Waals surface area contributed by atoms with Crippen molar-refractivity contribution in [3.05, 3.63) is 200 Å². The van der Waals surface area contributed by atoms with Gasteiger partial charge < -0.3 is 9.32 Å². The summed E-state index contributed by atoms with van der Waals surface area (Å²) in [7, 11) is 0. The first-order valence-corrected chi connectivity index (χ1v) is 20.2. The Labute approximate surface area is 333 Å². The average molecular weight is 744 g/mol. The highest BCUT2D eigenvalue weighted by atomic mass is 32.1. The molecule has 0 bridgehead atoms. The van der Waals surface area contributed by atoms with E-state index in [0.29, 0.717) is 0 Å². The Bertz CT molecular complexity index is 3460. The molecular weight excluding hydrogens is 711 g/mol. The third-order valence-electron chi connectivity index (χ3n) is 11.6. The van der Waals surface area contributed by atoms with E-state index in [2.05, 4.69) is 205 Å². The van der Waals surface area contributed by atoms with Gasteiger partial charge in [0.2, 0.25) is 0 Å². The summed E-state index contributed by atoms with van der Waals surface area (Å²) in [4.78, 5) is 2.41. The average Bonchev–Trinajstić information content (AvgIpc) is 3.86. The quantitative estimate of drug-likeness (QED) is 0.175. The number of furan rings is 1. The van der Waals surface area contributed by atoms with Gasteiger partial charge in [-0.15, -0.1) is 11.3 Å². The number of hydrogen-bond donors (Lipinski definition) is 0. The summed E-state index contributed by atoms with van der Waals surface area (Å²) >= 11 is 1.88. The number of rotatable bonds is 5. The van der Waals surface area contributed by atoms with Crippen molar-refractivity contribution in [2.45, 2.75) is 0 Å². The second kappa shape index (κ2) is 12.7. The Hall–Kier alpha value is -7.20. The predicted octanol–water partition coefficient (Wildman–Crippen LogP) is 16.2. The lowest BCUT2D eigenvalue weighted by molar-refractivity contribution is 0.672. The third-order valence-corrected chi connectivity index (χ3v) is 12.8. The van der Waals surface area contributed by atoms with Crippen molar-refractivity contribution < 1.29 is 4.42 Å². The van der Waals surface area contributed by atoms with Crippen LogP contribution in [0.15, 0.2) is 205 Å². The molecule has 0 saturated heterocycles. The molecule has 0 atom stereocenters. The van der Waals surface area contributed by atoms with Gasteiger partial charge in [-0.1, -0.05) is 152 Å². The fraction of sp³-hybridized carbons (Fsp3) is 0. The van der Waals surface area contributed by atoms with Gasteiger partial charge in [0.25, 0.3) is 0 Å². The van der Waals surface area contributed by atoms with Gasteiger partial charge in [-0.2, -0.15) is 0 Å². The molecule has 0 spiro atoms. The van der Waals surface area contributed by atoms with E-state index in [4.69, 9.17) is 4.42 Å². The van der Waals surface area contributed by atoms with Crippen molar-refractivity contribution in [2.24, 2.45) is 0 Å². The van der Waals surface area contributed by atoms with Crippen molar-refractivity contribution in [1.82, 2.24) is 0 Å². The molecule has 2 nitrogen and oxygen atoms in total. The first-order chi connectivity index (χ1) is 28.3. The van der Waals surface area contributed by atoms with Gasteiger partial charge in [0.05, 0.1) is 11.1 Å². The molecule has 10 aromatic carbocycles. The summed E-state index contributed by atoms with van der Waals surface area (Å²) in [5.41, 5.74) is 9.95. The molecule has 266 valence electrons. The molecule has 0 aliphatic carbocycles. The maximum Gasteiger partial charge on any atom is 0.143 e. The Kier molecular flexibility index (Phi) is 7.13. The van der Waals surface area contributed by atoms with E-state index in [9.17, 15) is 0 Å². The fourth-order valence-corrected chi connectivity index (χ4v) is 10.3. The molecule has 12 aromatic rings. The van der Waals surface area contributed by atoms with Gasteiger partial charge in [-0.25, -0.2) is 0 Å². The number of thiophene rings is 1. The molecule has 2 aromatic heterocycles. The second-order valence-corrected chi connectivity index (χ2v) is 15.9. The first kappa shape index (κ1) is 32.1. The van der Waals surface area contributed by atoms with Gasteiger partial charge >= 0.3 is 0 Å². The first-order valence-electron chi connectivity index (χ1n) is 19.4. The molecule has 0 fully saturated rings. The SMILES string of the molecule is c1ccc(-c2ccc(-c3cc4c(oc5cccc(N(c6ccc7ccccc7c6)c6ccc7ccccc7c6)c54)c4ccccc34)c3sc4ccccc4c23)cc1. The summed E-state index contributed by atoms with van der Waals surface area (Å²) in [6.45, 7) is 0. The van der Waals surface area contributed by atoms with Crippen molar-refractivity contribution in [1.29, 1.82) is 0 Å². The molecule has 0 N–H and O–H groups in total. The smallest absolute Gasteiger partial charge is 0.143 e. The summed E-state index contributed by atoms with van der Waals surface area (Å²) in [6, 6.07) is 72.7. The monoisotopic (exact) mass is 743 g/mol. The zero-order valence-corrected chi connectivity index (χ0v) is 31.6. The van der Waals surface area contributed by atoms with E-state index in [1.165, 1.54) is 69.4 Å². The van der Waals surface area contributed by atoms with E-state index < -0.39 is 0 Å². The summed E-state index contributed by atoms with van der Waals surface area (Å²) in [5.74, 6) is 0. The fourth-order valence-electron chi connectivity index (χ4n) is 9.00. The molecule has 0 amide bonds. The molecule has 3 heteroatoms. The number of benzene rings is 10. The molecular formula is C54H33NOS. The van der Waals surface area contributed by atoms with E-state index in [1.54, 1.807) is 0 Å². The molecule has 0 aliphatic heterocycles. The Balaban J connectivity index is 1.17. The van der Waals surface area contributed by atoms with Crippen LogP contribution >= 0.6 is 11.3 Å². The lowest BCUT2D eigenvalue weighted by Crippen LogP contribution is -2.10. The van der Waals surface area contributed by atoms with Crippen molar-refractivity contribution in [3.8, 4) is 22.3 Å². The topological polar surface area (TPSA) is 16.4 Å². The van der Waals surface area contributed by atoms with Crippen molar-refractivity contribution in [2.75, 3.05) is 4.90 Å². The lowest BCUT2D eigenvalue weighted by Gasteiger charge is -2.27. The van der Waals surface area contributed by atoms with Crippen LogP contribution in [0.3, 0.4) is 0 Å². The summed E-state index contributed by atoms with van der Waals surface area (Å²) in [5, 5.41) is 11.9. The number of fused-ring (bicyclic) bond motifs is 10. The highest BCUT2D eigenvalue weighted by molar-refractivity contribution is 7.26. The maximum atomic E-state index is 6.95. The van der Waals surface area contributed by atoms with Gasteiger partial charge in [0.15, 0.2) is 0 Å². The van der Waals surface area contributed by atoms with E-state index in [-0.39, 0.29) is 0 Å².